The van der Waals surface area contributed by atoms with Crippen molar-refractivity contribution in [2.45, 2.75) is 24.5 Å². The molecule has 6 aromatic rings. The van der Waals surface area contributed by atoms with Gasteiger partial charge in [0.15, 0.2) is 16.3 Å². The third kappa shape index (κ3) is 7.00. The number of hydrogen-bond donors (Lipinski definition) is 0. The first-order valence-electron chi connectivity index (χ1n) is 16.3. The van der Waals surface area contributed by atoms with Gasteiger partial charge in [-0.1, -0.05) is 96.3 Å². The predicted molar refractivity (Wildman–Crippen MR) is 213 cm³/mol. The minimum atomic E-state index is -0.743. The molecule has 0 radical (unpaired) electrons. The molecule has 0 saturated carbocycles. The summed E-state index contributed by atoms with van der Waals surface area (Å²) in [5, 5.41) is 2.29. The summed E-state index contributed by atoms with van der Waals surface area (Å²) in [6.45, 7) is 2.33. The average Bonchev–Trinajstić information content (AvgIpc) is 3.47. The minimum Gasteiger partial charge on any atom is -0.493 e. The van der Waals surface area contributed by atoms with Crippen molar-refractivity contribution in [1.29, 1.82) is 0 Å². The lowest BCUT2D eigenvalue weighted by molar-refractivity contribution is -0.138. The van der Waals surface area contributed by atoms with Crippen molar-refractivity contribution in [3.63, 3.8) is 0 Å². The molecule has 256 valence electrons. The van der Waals surface area contributed by atoms with Gasteiger partial charge in [-0.25, -0.2) is 9.79 Å². The Balaban J connectivity index is 1.33. The van der Waals surface area contributed by atoms with E-state index in [4.69, 9.17) is 19.2 Å². The molecule has 2 heterocycles. The molecule has 7 nitrogen and oxygen atoms in total. The van der Waals surface area contributed by atoms with Crippen LogP contribution < -0.4 is 24.4 Å². The number of fused-ring (bicyclic) bond motifs is 2. The zero-order valence-electron chi connectivity index (χ0n) is 28.1. The van der Waals surface area contributed by atoms with Gasteiger partial charge in [0.2, 0.25) is 0 Å². The van der Waals surface area contributed by atoms with Crippen molar-refractivity contribution < 1.29 is 19.0 Å². The Hall–Kier alpha value is -4.65. The first-order chi connectivity index (χ1) is 24.9. The van der Waals surface area contributed by atoms with Crippen LogP contribution in [0.1, 0.15) is 35.2 Å². The first kappa shape index (κ1) is 34.8. The highest BCUT2D eigenvalue weighted by Crippen LogP contribution is 2.37. The van der Waals surface area contributed by atoms with Gasteiger partial charge in [-0.05, 0) is 93.6 Å². The molecule has 0 amide bonds. The molecule has 0 N–H and O–H groups in total. The molecule has 0 unspecified atom stereocenters. The normalized spacial score (nSPS) is 14.3. The molecule has 1 aromatic heterocycles. The zero-order valence-corrected chi connectivity index (χ0v) is 31.9. The number of benzene rings is 5. The Morgan fingerprint density at radius 3 is 2.47 bits per heavy atom. The summed E-state index contributed by atoms with van der Waals surface area (Å²) in [5.74, 6) is 0.681. The number of ether oxygens (including phenoxy) is 3. The Morgan fingerprint density at radius 1 is 0.980 bits per heavy atom. The largest absolute Gasteiger partial charge is 0.493 e. The van der Waals surface area contributed by atoms with Crippen LogP contribution >= 0.6 is 45.7 Å². The first-order valence-corrected chi connectivity index (χ1v) is 19.4. The zero-order chi connectivity index (χ0) is 35.5. The number of esters is 1. The predicted octanol–water partition coefficient (Wildman–Crippen LogP) is 8.00. The number of rotatable bonds is 10. The van der Waals surface area contributed by atoms with Crippen LogP contribution in [0, 0.1) is 3.57 Å². The fourth-order valence-electron chi connectivity index (χ4n) is 6.22. The maximum atomic E-state index is 14.4. The molecule has 51 heavy (non-hydrogen) atoms. The van der Waals surface area contributed by atoms with Gasteiger partial charge in [0.1, 0.15) is 6.61 Å². The molecular formula is C41H33IN2O5S2. The highest BCUT2D eigenvalue weighted by atomic mass is 127. The molecule has 0 aliphatic carbocycles. The second kappa shape index (κ2) is 15.3. The lowest BCUT2D eigenvalue weighted by Crippen LogP contribution is -2.40. The van der Waals surface area contributed by atoms with Gasteiger partial charge in [-0.3, -0.25) is 9.36 Å². The van der Waals surface area contributed by atoms with Gasteiger partial charge in [-0.2, -0.15) is 0 Å². The maximum absolute atomic E-state index is 14.4. The summed E-state index contributed by atoms with van der Waals surface area (Å²) in [5.41, 5.74) is 3.96. The van der Waals surface area contributed by atoms with Gasteiger partial charge in [0, 0.05) is 10.5 Å². The topological polar surface area (TPSA) is 79.1 Å². The summed E-state index contributed by atoms with van der Waals surface area (Å²) in [6.07, 6.45) is 3.85. The number of hydrogen-bond acceptors (Lipinski definition) is 8. The molecule has 0 spiro atoms. The van der Waals surface area contributed by atoms with E-state index in [1.165, 1.54) is 11.3 Å². The standard InChI is InChI=1S/C41H33IN2O5S2/c1-4-48-40(46)35-36(27-12-6-5-7-13-27)43-41-44(37(35)28-17-19-30(50-3)20-18-28)39(45)34(51-41)23-25-21-32(42)38(33(22-25)47-2)49-24-29-15-10-14-26-11-8-9-16-31(26)29/h5-23,37H,4,24H2,1-3H3/b34-23-/t37-/m1/s1. The number of carbonyl (C=O) groups is 1. The third-order valence-electron chi connectivity index (χ3n) is 8.61. The van der Waals surface area contributed by atoms with E-state index in [0.717, 1.165) is 41.5 Å². The van der Waals surface area contributed by atoms with Crippen molar-refractivity contribution in [3.8, 4) is 11.5 Å². The number of thiazole rings is 1. The monoisotopic (exact) mass is 824 g/mol. The minimum absolute atomic E-state index is 0.190. The van der Waals surface area contributed by atoms with E-state index in [-0.39, 0.29) is 12.2 Å². The summed E-state index contributed by atoms with van der Waals surface area (Å²) >= 11 is 5.15. The number of thioether (sulfide) groups is 1. The van der Waals surface area contributed by atoms with Gasteiger partial charge >= 0.3 is 5.97 Å². The van der Waals surface area contributed by atoms with Gasteiger partial charge < -0.3 is 14.2 Å². The Bertz CT molecular complexity index is 2470. The Morgan fingerprint density at radius 2 is 1.73 bits per heavy atom. The van der Waals surface area contributed by atoms with Gasteiger partial charge in [-0.15, -0.1) is 11.8 Å². The molecule has 1 aliphatic rings. The average molecular weight is 825 g/mol. The van der Waals surface area contributed by atoms with Crippen molar-refractivity contribution in [2.24, 2.45) is 4.99 Å². The second-order valence-corrected chi connectivity index (χ2v) is 14.7. The van der Waals surface area contributed by atoms with E-state index in [2.05, 4.69) is 46.9 Å². The highest BCUT2D eigenvalue weighted by Gasteiger charge is 2.35. The molecule has 5 aromatic carbocycles. The molecule has 0 bridgehead atoms. The van der Waals surface area contributed by atoms with Crippen molar-refractivity contribution in [1.82, 2.24) is 4.57 Å². The lowest BCUT2D eigenvalue weighted by Gasteiger charge is -2.26. The van der Waals surface area contributed by atoms with Gasteiger partial charge in [0.05, 0.1) is 39.1 Å². The summed E-state index contributed by atoms with van der Waals surface area (Å²) in [6, 6.07) is 35.0. The SMILES string of the molecule is CCOC(=O)C1=C(c2ccccc2)N=c2s/c(=C\c3cc(I)c(OCc4cccc5ccccc45)c(OC)c3)c(=O)n2[C@@H]1c1ccc(SC)cc1. The molecule has 0 fully saturated rings. The number of aromatic nitrogens is 1. The maximum Gasteiger partial charge on any atom is 0.338 e. The second-order valence-electron chi connectivity index (χ2n) is 11.7. The van der Waals surface area contributed by atoms with E-state index < -0.39 is 12.0 Å². The van der Waals surface area contributed by atoms with Crippen LogP contribution in [0.15, 0.2) is 129 Å². The summed E-state index contributed by atoms with van der Waals surface area (Å²) < 4.78 is 20.7. The molecule has 1 atom stereocenters. The Kier molecular flexibility index (Phi) is 10.4. The van der Waals surface area contributed by atoms with Crippen molar-refractivity contribution >= 4 is 74.2 Å². The highest BCUT2D eigenvalue weighted by molar-refractivity contribution is 14.1. The molecule has 7 rings (SSSR count). The number of carbonyl (C=O) groups excluding carboxylic acids is 1. The number of methoxy groups -OCH3 is 1. The van der Waals surface area contributed by atoms with Crippen molar-refractivity contribution in [3.05, 3.63) is 160 Å². The number of halogens is 1. The van der Waals surface area contributed by atoms with E-state index in [1.54, 1.807) is 30.4 Å². The summed E-state index contributed by atoms with van der Waals surface area (Å²) in [7, 11) is 1.61. The summed E-state index contributed by atoms with van der Waals surface area (Å²) in [4.78, 5) is 34.7. The van der Waals surface area contributed by atoms with Crippen LogP contribution in [0.3, 0.4) is 0 Å². The van der Waals surface area contributed by atoms with E-state index in [0.29, 0.717) is 38.7 Å². The fraction of sp³-hybridized carbons (Fsp3) is 0.146. The fourth-order valence-corrected chi connectivity index (χ4v) is 8.42. The molecule has 1 aliphatic heterocycles. The number of nitrogens with zero attached hydrogens (tertiary/aromatic N) is 2. The van der Waals surface area contributed by atoms with Crippen LogP contribution in [0.2, 0.25) is 0 Å². The van der Waals surface area contributed by atoms with E-state index >= 15 is 0 Å². The van der Waals surface area contributed by atoms with Gasteiger partial charge in [0.25, 0.3) is 5.56 Å². The molecule has 0 saturated heterocycles. The van der Waals surface area contributed by atoms with Crippen molar-refractivity contribution in [2.75, 3.05) is 20.0 Å². The molecule has 10 heteroatoms. The van der Waals surface area contributed by atoms with Crippen LogP contribution in [0.5, 0.6) is 11.5 Å². The molecular weight excluding hydrogens is 791 g/mol. The van der Waals surface area contributed by atoms with Crippen LogP contribution in [-0.4, -0.2) is 30.5 Å². The van der Waals surface area contributed by atoms with E-state index in [9.17, 15) is 9.59 Å². The van der Waals surface area contributed by atoms with Crippen LogP contribution in [-0.2, 0) is 16.1 Å². The lowest BCUT2D eigenvalue weighted by atomic mass is 9.93. The Labute approximate surface area is 317 Å². The van der Waals surface area contributed by atoms with Crippen LogP contribution in [0.25, 0.3) is 22.5 Å². The smallest absolute Gasteiger partial charge is 0.338 e. The third-order valence-corrected chi connectivity index (χ3v) is 11.1. The van der Waals surface area contributed by atoms with Crippen LogP contribution in [0.4, 0.5) is 0 Å². The van der Waals surface area contributed by atoms with E-state index in [1.807, 2.05) is 97.3 Å². The quantitative estimate of drug-likeness (QED) is 0.0792.